The van der Waals surface area contributed by atoms with Gasteiger partial charge in [-0.15, -0.1) is 0 Å². The van der Waals surface area contributed by atoms with Crippen molar-refractivity contribution in [2.24, 2.45) is 0 Å². The number of amides is 1. The molecule has 98 valence electrons. The third-order valence-corrected chi connectivity index (χ3v) is 2.63. The second kappa shape index (κ2) is 5.24. The largest absolute Gasteiger partial charge is 0.507 e. The number of benzene rings is 2. The number of phenolic OH excluding ortho intramolecular Hbond substituents is 1. The van der Waals surface area contributed by atoms with Gasteiger partial charge in [0, 0.05) is 5.02 Å². The van der Waals surface area contributed by atoms with Crippen molar-refractivity contribution >= 4 is 23.2 Å². The molecule has 0 aliphatic carbocycles. The highest BCUT2D eigenvalue weighted by atomic mass is 35.5. The van der Waals surface area contributed by atoms with Crippen molar-refractivity contribution in [2.45, 2.75) is 0 Å². The van der Waals surface area contributed by atoms with E-state index in [-0.39, 0.29) is 10.7 Å². The molecule has 2 N–H and O–H groups in total. The predicted octanol–water partition coefficient (Wildman–Crippen LogP) is 3.58. The molecule has 6 heteroatoms. The zero-order valence-corrected chi connectivity index (χ0v) is 10.2. The quantitative estimate of drug-likeness (QED) is 0.885. The van der Waals surface area contributed by atoms with Gasteiger partial charge in [-0.05, 0) is 30.3 Å². The van der Waals surface area contributed by atoms with Crippen molar-refractivity contribution < 1.29 is 18.7 Å². The molecule has 0 saturated heterocycles. The summed E-state index contributed by atoms with van der Waals surface area (Å²) in [7, 11) is 0. The number of aromatic hydroxyl groups is 1. The lowest BCUT2D eigenvalue weighted by Gasteiger charge is -2.08. The van der Waals surface area contributed by atoms with Crippen LogP contribution in [-0.4, -0.2) is 11.0 Å². The number of nitrogens with one attached hydrogen (secondary N) is 1. The molecule has 0 heterocycles. The lowest BCUT2D eigenvalue weighted by atomic mass is 10.1. The molecule has 2 rings (SSSR count). The van der Waals surface area contributed by atoms with Crippen LogP contribution in [0.3, 0.4) is 0 Å². The maximum absolute atomic E-state index is 13.4. The van der Waals surface area contributed by atoms with Crippen LogP contribution in [0.2, 0.25) is 5.02 Å². The molecule has 0 bridgehead atoms. The fourth-order valence-corrected chi connectivity index (χ4v) is 1.69. The van der Waals surface area contributed by atoms with E-state index in [9.17, 15) is 18.7 Å². The van der Waals surface area contributed by atoms with Gasteiger partial charge >= 0.3 is 0 Å². The third kappa shape index (κ3) is 2.82. The molecule has 0 aliphatic rings. The number of hydrogen-bond acceptors (Lipinski definition) is 2. The van der Waals surface area contributed by atoms with Crippen LogP contribution >= 0.6 is 11.6 Å². The Labute approximate surface area is 112 Å². The number of rotatable bonds is 2. The van der Waals surface area contributed by atoms with Crippen molar-refractivity contribution in [3.63, 3.8) is 0 Å². The van der Waals surface area contributed by atoms with Gasteiger partial charge in [-0.3, -0.25) is 4.79 Å². The van der Waals surface area contributed by atoms with Gasteiger partial charge in [-0.2, -0.15) is 0 Å². The first kappa shape index (κ1) is 13.3. The van der Waals surface area contributed by atoms with Gasteiger partial charge in [0.1, 0.15) is 22.9 Å². The number of carbonyl (C=O) groups is 1. The highest BCUT2D eigenvalue weighted by Crippen LogP contribution is 2.24. The summed E-state index contributed by atoms with van der Waals surface area (Å²) in [6.45, 7) is 0. The topological polar surface area (TPSA) is 49.3 Å². The smallest absolute Gasteiger partial charge is 0.262 e. The first-order chi connectivity index (χ1) is 8.99. The summed E-state index contributed by atoms with van der Waals surface area (Å²) in [4.78, 5) is 11.8. The average molecular weight is 284 g/mol. The Morgan fingerprint density at radius 3 is 2.58 bits per heavy atom. The van der Waals surface area contributed by atoms with Crippen LogP contribution in [0.15, 0.2) is 36.4 Å². The number of phenols is 1. The number of anilines is 1. The maximum atomic E-state index is 13.4. The summed E-state index contributed by atoms with van der Waals surface area (Å²) in [6, 6.07) is 7.00. The molecular formula is C13H8ClF2NO2. The van der Waals surface area contributed by atoms with Gasteiger partial charge < -0.3 is 10.4 Å². The molecule has 0 fully saturated rings. The lowest BCUT2D eigenvalue weighted by Crippen LogP contribution is -2.15. The van der Waals surface area contributed by atoms with Crippen LogP contribution in [0.1, 0.15) is 10.4 Å². The van der Waals surface area contributed by atoms with Crippen LogP contribution < -0.4 is 5.32 Å². The molecule has 3 nitrogen and oxygen atoms in total. The minimum atomic E-state index is -0.961. The van der Waals surface area contributed by atoms with E-state index in [0.29, 0.717) is 0 Å². The van der Waals surface area contributed by atoms with Gasteiger partial charge in [-0.1, -0.05) is 17.7 Å². The van der Waals surface area contributed by atoms with Crippen LogP contribution in [0.4, 0.5) is 14.5 Å². The van der Waals surface area contributed by atoms with E-state index in [2.05, 4.69) is 5.32 Å². The maximum Gasteiger partial charge on any atom is 0.262 e. The van der Waals surface area contributed by atoms with E-state index in [0.717, 1.165) is 18.2 Å². The molecule has 0 spiro atoms. The highest BCUT2D eigenvalue weighted by Gasteiger charge is 2.17. The molecule has 2 aromatic carbocycles. The van der Waals surface area contributed by atoms with Crippen molar-refractivity contribution in [3.8, 4) is 5.75 Å². The minimum absolute atomic E-state index is 0.194. The summed E-state index contributed by atoms with van der Waals surface area (Å²) >= 11 is 5.67. The third-order valence-electron chi connectivity index (χ3n) is 2.40. The molecule has 0 atom stereocenters. The molecule has 19 heavy (non-hydrogen) atoms. The first-order valence-electron chi connectivity index (χ1n) is 5.23. The minimum Gasteiger partial charge on any atom is -0.507 e. The Hall–Kier alpha value is -2.14. The number of carbonyl (C=O) groups excluding carboxylic acids is 1. The predicted molar refractivity (Wildman–Crippen MR) is 67.4 cm³/mol. The van der Waals surface area contributed by atoms with Crippen LogP contribution in [0.5, 0.6) is 5.75 Å². The molecule has 0 aliphatic heterocycles. The van der Waals surface area contributed by atoms with E-state index in [1.54, 1.807) is 0 Å². The molecule has 1 amide bonds. The molecule has 0 radical (unpaired) electrons. The van der Waals surface area contributed by atoms with E-state index >= 15 is 0 Å². The summed E-state index contributed by atoms with van der Waals surface area (Å²) < 4.78 is 26.9. The molecule has 0 saturated carbocycles. The van der Waals surface area contributed by atoms with Gasteiger partial charge in [-0.25, -0.2) is 8.78 Å². The molecule has 0 aromatic heterocycles. The SMILES string of the molecule is O=C(Nc1cc(Cl)ccc1F)c1c(O)cccc1F. The van der Waals surface area contributed by atoms with Gasteiger partial charge in [0.2, 0.25) is 0 Å². The standard InChI is InChI=1S/C13H8ClF2NO2/c14-7-4-5-8(15)10(6-7)17-13(19)12-9(16)2-1-3-11(12)18/h1-6,18H,(H,17,19). The van der Waals surface area contributed by atoms with E-state index in [1.165, 1.54) is 18.2 Å². The Balaban J connectivity index is 2.34. The normalized spacial score (nSPS) is 10.3. The molecular weight excluding hydrogens is 276 g/mol. The zero-order chi connectivity index (χ0) is 14.0. The van der Waals surface area contributed by atoms with E-state index in [4.69, 9.17) is 11.6 Å². The Bertz CT molecular complexity index is 626. The number of halogens is 3. The van der Waals surface area contributed by atoms with Gasteiger partial charge in [0.25, 0.3) is 5.91 Å². The van der Waals surface area contributed by atoms with Gasteiger partial charge in [0.15, 0.2) is 0 Å². The lowest BCUT2D eigenvalue weighted by molar-refractivity contribution is 0.102. The van der Waals surface area contributed by atoms with Crippen LogP contribution in [0, 0.1) is 11.6 Å². The molecule has 0 unspecified atom stereocenters. The molecule has 2 aromatic rings. The Morgan fingerprint density at radius 2 is 1.89 bits per heavy atom. The summed E-state index contributed by atoms with van der Waals surface area (Å²) in [5.41, 5.74) is -0.748. The zero-order valence-electron chi connectivity index (χ0n) is 9.45. The fourth-order valence-electron chi connectivity index (χ4n) is 1.52. The van der Waals surface area contributed by atoms with Crippen molar-refractivity contribution in [2.75, 3.05) is 5.32 Å². The number of hydrogen-bond donors (Lipinski definition) is 2. The summed E-state index contributed by atoms with van der Waals surface area (Å²) in [5.74, 6) is -3.11. The Morgan fingerprint density at radius 1 is 1.16 bits per heavy atom. The first-order valence-corrected chi connectivity index (χ1v) is 5.60. The monoisotopic (exact) mass is 283 g/mol. The van der Waals surface area contributed by atoms with Crippen molar-refractivity contribution in [3.05, 3.63) is 58.6 Å². The highest BCUT2D eigenvalue weighted by molar-refractivity contribution is 6.31. The van der Waals surface area contributed by atoms with Crippen molar-refractivity contribution in [1.29, 1.82) is 0 Å². The second-order valence-electron chi connectivity index (χ2n) is 3.71. The van der Waals surface area contributed by atoms with E-state index < -0.39 is 28.9 Å². The van der Waals surface area contributed by atoms with Crippen LogP contribution in [-0.2, 0) is 0 Å². The van der Waals surface area contributed by atoms with Crippen LogP contribution in [0.25, 0.3) is 0 Å². The Kier molecular flexibility index (Phi) is 3.66. The summed E-state index contributed by atoms with van der Waals surface area (Å²) in [5, 5.41) is 11.8. The van der Waals surface area contributed by atoms with Gasteiger partial charge in [0.05, 0.1) is 5.69 Å². The summed E-state index contributed by atoms with van der Waals surface area (Å²) in [6.07, 6.45) is 0. The van der Waals surface area contributed by atoms with Crippen molar-refractivity contribution in [1.82, 2.24) is 0 Å². The average Bonchev–Trinajstić information content (AvgIpc) is 2.33. The fraction of sp³-hybridized carbons (Fsp3) is 0. The second-order valence-corrected chi connectivity index (χ2v) is 4.15. The van der Waals surface area contributed by atoms with E-state index in [1.807, 2.05) is 0 Å².